The molecule has 0 aliphatic carbocycles. The van der Waals surface area contributed by atoms with E-state index in [1.165, 1.54) is 13.2 Å². The van der Waals surface area contributed by atoms with E-state index in [1.54, 1.807) is 19.1 Å². The molecular formula is C12H14N2O4. The SMILES string of the molecule is C=C(C)c1ccc(NCC(=O)OC)c([N+](=O)[O-])c1. The van der Waals surface area contributed by atoms with Crippen LogP contribution in [0.3, 0.4) is 0 Å². The number of nitrogens with zero attached hydrogens (tertiary/aromatic N) is 1. The lowest BCUT2D eigenvalue weighted by Gasteiger charge is -2.07. The van der Waals surface area contributed by atoms with Gasteiger partial charge in [-0.3, -0.25) is 14.9 Å². The minimum atomic E-state index is -0.508. The van der Waals surface area contributed by atoms with Gasteiger partial charge in [-0.1, -0.05) is 18.2 Å². The van der Waals surface area contributed by atoms with Gasteiger partial charge in [0.05, 0.1) is 12.0 Å². The van der Waals surface area contributed by atoms with E-state index in [0.717, 1.165) is 5.57 Å². The van der Waals surface area contributed by atoms with E-state index >= 15 is 0 Å². The first-order chi connectivity index (χ1) is 8.45. The summed E-state index contributed by atoms with van der Waals surface area (Å²) < 4.78 is 4.45. The number of ether oxygens (including phenoxy) is 1. The molecule has 0 amide bonds. The van der Waals surface area contributed by atoms with Gasteiger partial charge in [0.2, 0.25) is 0 Å². The summed E-state index contributed by atoms with van der Waals surface area (Å²) in [5.41, 5.74) is 1.60. The highest BCUT2D eigenvalue weighted by atomic mass is 16.6. The molecule has 6 heteroatoms. The Balaban J connectivity index is 3.00. The summed E-state index contributed by atoms with van der Waals surface area (Å²) in [4.78, 5) is 21.4. The molecule has 1 aromatic rings. The molecule has 0 spiro atoms. The number of nitrogens with one attached hydrogen (secondary N) is 1. The van der Waals surface area contributed by atoms with E-state index in [1.807, 2.05) is 0 Å². The smallest absolute Gasteiger partial charge is 0.325 e. The first kappa shape index (κ1) is 13.7. The Morgan fingerprint density at radius 1 is 1.56 bits per heavy atom. The molecule has 0 bridgehead atoms. The Morgan fingerprint density at radius 3 is 2.72 bits per heavy atom. The van der Waals surface area contributed by atoms with Crippen molar-refractivity contribution in [3.8, 4) is 0 Å². The van der Waals surface area contributed by atoms with Crippen molar-refractivity contribution < 1.29 is 14.5 Å². The van der Waals surface area contributed by atoms with Gasteiger partial charge in [-0.05, 0) is 18.6 Å². The number of hydrogen-bond acceptors (Lipinski definition) is 5. The number of anilines is 1. The summed E-state index contributed by atoms with van der Waals surface area (Å²) in [5, 5.41) is 13.6. The number of allylic oxidation sites excluding steroid dienone is 1. The Kier molecular flexibility index (Phi) is 4.42. The zero-order valence-electron chi connectivity index (χ0n) is 10.2. The summed E-state index contributed by atoms with van der Waals surface area (Å²) in [5.74, 6) is -0.492. The summed E-state index contributed by atoms with van der Waals surface area (Å²) in [6.07, 6.45) is 0. The van der Waals surface area contributed by atoms with Crippen molar-refractivity contribution in [1.29, 1.82) is 0 Å². The minimum absolute atomic E-state index is 0.0978. The van der Waals surface area contributed by atoms with Gasteiger partial charge in [0, 0.05) is 6.07 Å². The van der Waals surface area contributed by atoms with Crippen LogP contribution in [0, 0.1) is 10.1 Å². The third-order valence-corrected chi connectivity index (χ3v) is 2.34. The molecule has 0 aliphatic rings. The number of hydrogen-bond donors (Lipinski definition) is 1. The summed E-state index contributed by atoms with van der Waals surface area (Å²) in [6.45, 7) is 5.37. The predicted octanol–water partition coefficient (Wildman–Crippen LogP) is 2.21. The molecule has 1 rings (SSSR count). The number of carbonyl (C=O) groups excluding carboxylic acids is 1. The lowest BCUT2D eigenvalue weighted by molar-refractivity contribution is -0.384. The number of rotatable bonds is 5. The highest BCUT2D eigenvalue weighted by Crippen LogP contribution is 2.27. The first-order valence-corrected chi connectivity index (χ1v) is 5.20. The van der Waals surface area contributed by atoms with Crippen molar-refractivity contribution >= 4 is 22.9 Å². The fourth-order valence-corrected chi connectivity index (χ4v) is 1.34. The van der Waals surface area contributed by atoms with E-state index in [-0.39, 0.29) is 17.9 Å². The molecule has 0 aliphatic heterocycles. The largest absolute Gasteiger partial charge is 0.468 e. The van der Waals surface area contributed by atoms with Crippen molar-refractivity contribution in [2.75, 3.05) is 19.0 Å². The Labute approximate surface area is 104 Å². The van der Waals surface area contributed by atoms with Gasteiger partial charge in [0.1, 0.15) is 12.2 Å². The average Bonchev–Trinajstić information content (AvgIpc) is 2.35. The second kappa shape index (κ2) is 5.81. The van der Waals surface area contributed by atoms with Crippen LogP contribution in [0.5, 0.6) is 0 Å². The van der Waals surface area contributed by atoms with Crippen molar-refractivity contribution in [2.45, 2.75) is 6.92 Å². The van der Waals surface area contributed by atoms with Crippen molar-refractivity contribution in [3.63, 3.8) is 0 Å². The maximum Gasteiger partial charge on any atom is 0.325 e. The van der Waals surface area contributed by atoms with E-state index in [9.17, 15) is 14.9 Å². The van der Waals surface area contributed by atoms with Gasteiger partial charge in [-0.15, -0.1) is 0 Å². The summed E-state index contributed by atoms with van der Waals surface area (Å²) >= 11 is 0. The molecule has 0 aromatic heterocycles. The standard InChI is InChI=1S/C12H14N2O4/c1-8(2)9-4-5-10(11(6-9)14(16)17)13-7-12(15)18-3/h4-6,13H,1,7H2,2-3H3. The molecule has 96 valence electrons. The lowest BCUT2D eigenvalue weighted by Crippen LogP contribution is -2.15. The van der Waals surface area contributed by atoms with E-state index in [0.29, 0.717) is 5.56 Å². The number of carbonyl (C=O) groups is 1. The molecule has 0 heterocycles. The van der Waals surface area contributed by atoms with Gasteiger partial charge in [0.15, 0.2) is 0 Å². The van der Waals surface area contributed by atoms with Gasteiger partial charge in [0.25, 0.3) is 5.69 Å². The molecule has 0 atom stereocenters. The van der Waals surface area contributed by atoms with Crippen LogP contribution in [0.15, 0.2) is 24.8 Å². The van der Waals surface area contributed by atoms with Crippen molar-refractivity contribution in [1.82, 2.24) is 0 Å². The van der Waals surface area contributed by atoms with E-state index < -0.39 is 10.9 Å². The second-order valence-electron chi connectivity index (χ2n) is 3.70. The fourth-order valence-electron chi connectivity index (χ4n) is 1.34. The van der Waals surface area contributed by atoms with E-state index in [4.69, 9.17) is 0 Å². The first-order valence-electron chi connectivity index (χ1n) is 5.20. The van der Waals surface area contributed by atoms with Crippen molar-refractivity contribution in [3.05, 3.63) is 40.5 Å². The molecule has 1 N–H and O–H groups in total. The topological polar surface area (TPSA) is 81.5 Å². The molecule has 0 fully saturated rings. The Bertz CT molecular complexity index is 497. The molecule has 0 saturated heterocycles. The molecule has 0 unspecified atom stereocenters. The molecule has 0 saturated carbocycles. The van der Waals surface area contributed by atoms with Crippen LogP contribution in [0.4, 0.5) is 11.4 Å². The van der Waals surface area contributed by atoms with Gasteiger partial charge >= 0.3 is 5.97 Å². The van der Waals surface area contributed by atoms with Gasteiger partial charge in [-0.2, -0.15) is 0 Å². The molecule has 1 aromatic carbocycles. The third-order valence-electron chi connectivity index (χ3n) is 2.34. The number of methoxy groups -OCH3 is 1. The second-order valence-corrected chi connectivity index (χ2v) is 3.70. The van der Waals surface area contributed by atoms with Crippen molar-refractivity contribution in [2.24, 2.45) is 0 Å². The molecule has 0 radical (unpaired) electrons. The lowest BCUT2D eigenvalue weighted by atomic mass is 10.1. The van der Waals surface area contributed by atoms with Crippen LogP contribution >= 0.6 is 0 Å². The van der Waals surface area contributed by atoms with E-state index in [2.05, 4.69) is 16.6 Å². The predicted molar refractivity (Wildman–Crippen MR) is 68.3 cm³/mol. The molecular weight excluding hydrogens is 236 g/mol. The zero-order valence-corrected chi connectivity index (χ0v) is 10.2. The van der Waals surface area contributed by atoms with Crippen LogP contribution in [-0.2, 0) is 9.53 Å². The Hall–Kier alpha value is -2.37. The fraction of sp³-hybridized carbons (Fsp3) is 0.250. The number of benzene rings is 1. The van der Waals surface area contributed by atoms with Crippen LogP contribution in [0.1, 0.15) is 12.5 Å². The zero-order chi connectivity index (χ0) is 13.7. The number of esters is 1. The highest BCUT2D eigenvalue weighted by molar-refractivity contribution is 5.77. The normalized spacial score (nSPS) is 9.67. The quantitative estimate of drug-likeness (QED) is 0.492. The highest BCUT2D eigenvalue weighted by Gasteiger charge is 2.15. The molecule has 6 nitrogen and oxygen atoms in total. The van der Waals surface area contributed by atoms with Crippen LogP contribution in [-0.4, -0.2) is 24.5 Å². The van der Waals surface area contributed by atoms with Gasteiger partial charge < -0.3 is 10.1 Å². The van der Waals surface area contributed by atoms with Crippen LogP contribution in [0.2, 0.25) is 0 Å². The minimum Gasteiger partial charge on any atom is -0.468 e. The Morgan fingerprint density at radius 2 is 2.22 bits per heavy atom. The summed E-state index contributed by atoms with van der Waals surface area (Å²) in [6, 6.07) is 4.67. The number of nitro groups is 1. The van der Waals surface area contributed by atoms with Gasteiger partial charge in [-0.25, -0.2) is 0 Å². The average molecular weight is 250 g/mol. The molecule has 18 heavy (non-hydrogen) atoms. The maximum absolute atomic E-state index is 11.0. The number of nitro benzene ring substituents is 1. The third kappa shape index (κ3) is 3.31. The maximum atomic E-state index is 11.0. The van der Waals surface area contributed by atoms with Crippen LogP contribution < -0.4 is 5.32 Å². The summed E-state index contributed by atoms with van der Waals surface area (Å²) in [7, 11) is 1.25. The van der Waals surface area contributed by atoms with Crippen LogP contribution in [0.25, 0.3) is 5.57 Å². The monoisotopic (exact) mass is 250 g/mol.